The second-order valence-corrected chi connectivity index (χ2v) is 8.58. The number of amides is 1. The summed E-state index contributed by atoms with van der Waals surface area (Å²) in [6.07, 6.45) is 0. The summed E-state index contributed by atoms with van der Waals surface area (Å²) in [6.45, 7) is 3.92. The zero-order valence-electron chi connectivity index (χ0n) is 17.4. The van der Waals surface area contributed by atoms with Gasteiger partial charge in [-0.3, -0.25) is 14.2 Å². The molecule has 1 heterocycles. The summed E-state index contributed by atoms with van der Waals surface area (Å²) in [7, 11) is 0. The van der Waals surface area contributed by atoms with Gasteiger partial charge in [-0.25, -0.2) is 9.37 Å². The van der Waals surface area contributed by atoms with Gasteiger partial charge >= 0.3 is 0 Å². The minimum absolute atomic E-state index is 0.0348. The Morgan fingerprint density at radius 3 is 2.69 bits per heavy atom. The van der Waals surface area contributed by atoms with Crippen LogP contribution in [-0.2, 0) is 4.79 Å². The van der Waals surface area contributed by atoms with Crippen LogP contribution in [0.25, 0.3) is 16.6 Å². The van der Waals surface area contributed by atoms with E-state index in [0.29, 0.717) is 21.7 Å². The number of carbonyl (C=O) groups excluding carboxylic acids is 1. The topological polar surface area (TPSA) is 64.0 Å². The molecule has 0 unspecified atom stereocenters. The van der Waals surface area contributed by atoms with Crippen LogP contribution in [0.15, 0.2) is 70.6 Å². The molecule has 4 rings (SSSR count). The van der Waals surface area contributed by atoms with Crippen LogP contribution in [0.5, 0.6) is 0 Å². The van der Waals surface area contributed by atoms with Crippen LogP contribution in [-0.4, -0.2) is 21.2 Å². The van der Waals surface area contributed by atoms with Gasteiger partial charge in [-0.05, 0) is 61.4 Å². The molecule has 5 nitrogen and oxygen atoms in total. The first kappa shape index (κ1) is 22.0. The minimum Gasteiger partial charge on any atom is -0.325 e. The third kappa shape index (κ3) is 4.40. The molecule has 0 spiro atoms. The van der Waals surface area contributed by atoms with Gasteiger partial charge in [0.2, 0.25) is 5.91 Å². The molecule has 1 amide bonds. The van der Waals surface area contributed by atoms with Crippen LogP contribution in [0, 0.1) is 19.7 Å². The molecule has 0 aliphatic carbocycles. The van der Waals surface area contributed by atoms with Gasteiger partial charge in [-0.1, -0.05) is 47.6 Å². The molecule has 0 atom stereocenters. The highest BCUT2D eigenvalue weighted by atomic mass is 35.5. The fourth-order valence-corrected chi connectivity index (χ4v) is 4.25. The fraction of sp³-hybridized carbons (Fsp3) is 0.125. The van der Waals surface area contributed by atoms with E-state index in [9.17, 15) is 14.0 Å². The van der Waals surface area contributed by atoms with Gasteiger partial charge in [0.15, 0.2) is 5.16 Å². The number of hydrogen-bond acceptors (Lipinski definition) is 4. The van der Waals surface area contributed by atoms with E-state index in [1.54, 1.807) is 24.3 Å². The number of para-hydroxylation sites is 1. The van der Waals surface area contributed by atoms with Crippen molar-refractivity contribution in [2.45, 2.75) is 19.0 Å². The van der Waals surface area contributed by atoms with Crippen molar-refractivity contribution in [1.82, 2.24) is 9.55 Å². The molecule has 0 aliphatic rings. The molecule has 162 valence electrons. The van der Waals surface area contributed by atoms with Gasteiger partial charge < -0.3 is 5.32 Å². The Morgan fingerprint density at radius 2 is 1.91 bits per heavy atom. The highest BCUT2D eigenvalue weighted by Crippen LogP contribution is 2.25. The zero-order valence-corrected chi connectivity index (χ0v) is 18.9. The lowest BCUT2D eigenvalue weighted by atomic mass is 10.1. The molecule has 1 N–H and O–H groups in total. The Labute approximate surface area is 193 Å². The van der Waals surface area contributed by atoms with Gasteiger partial charge in [-0.2, -0.15) is 0 Å². The molecule has 32 heavy (non-hydrogen) atoms. The van der Waals surface area contributed by atoms with Gasteiger partial charge in [0, 0.05) is 5.69 Å². The number of anilines is 1. The maximum Gasteiger partial charge on any atom is 0.266 e. The quantitative estimate of drug-likeness (QED) is 0.310. The summed E-state index contributed by atoms with van der Waals surface area (Å²) in [5, 5.41) is 3.52. The second kappa shape index (κ2) is 9.14. The maximum atomic E-state index is 13.7. The lowest BCUT2D eigenvalue weighted by Gasteiger charge is -2.14. The van der Waals surface area contributed by atoms with Crippen LogP contribution in [0.1, 0.15) is 11.1 Å². The molecular formula is C24H19ClFN3O2S. The van der Waals surface area contributed by atoms with Crippen LogP contribution in [0.3, 0.4) is 0 Å². The summed E-state index contributed by atoms with van der Waals surface area (Å²) in [5.74, 6) is -0.776. The van der Waals surface area contributed by atoms with Crippen molar-refractivity contribution in [1.29, 1.82) is 0 Å². The number of hydrogen-bond donors (Lipinski definition) is 1. The summed E-state index contributed by atoms with van der Waals surface area (Å²) in [5.41, 5.74) is 3.37. The molecule has 0 radical (unpaired) electrons. The summed E-state index contributed by atoms with van der Waals surface area (Å²) in [6, 6.07) is 16.7. The Hall–Kier alpha value is -3.16. The lowest BCUT2D eigenvalue weighted by molar-refractivity contribution is -0.113. The number of halogens is 2. The van der Waals surface area contributed by atoms with Gasteiger partial charge in [-0.15, -0.1) is 0 Å². The summed E-state index contributed by atoms with van der Waals surface area (Å²) in [4.78, 5) is 30.4. The van der Waals surface area contributed by atoms with Gasteiger partial charge in [0.05, 0.1) is 27.4 Å². The number of rotatable bonds is 5. The predicted octanol–water partition coefficient (Wildman–Crippen LogP) is 5.53. The SMILES string of the molecule is Cc1cccc(NC(=O)CSc2nc3ccccc3c(=O)n2-c2ccc(F)c(Cl)c2)c1C. The smallest absolute Gasteiger partial charge is 0.266 e. The van der Waals surface area contributed by atoms with Crippen molar-refractivity contribution < 1.29 is 9.18 Å². The van der Waals surface area contributed by atoms with Crippen molar-refractivity contribution in [2.24, 2.45) is 0 Å². The molecular weight excluding hydrogens is 449 g/mol. The summed E-state index contributed by atoms with van der Waals surface area (Å²) < 4.78 is 15.0. The highest BCUT2D eigenvalue weighted by Gasteiger charge is 2.16. The number of nitrogens with one attached hydrogen (secondary N) is 1. The third-order valence-electron chi connectivity index (χ3n) is 5.12. The van der Waals surface area contributed by atoms with E-state index in [-0.39, 0.29) is 22.2 Å². The van der Waals surface area contributed by atoms with E-state index < -0.39 is 5.82 Å². The minimum atomic E-state index is -0.584. The predicted molar refractivity (Wildman–Crippen MR) is 128 cm³/mol. The maximum absolute atomic E-state index is 13.7. The number of nitrogens with zero attached hydrogens (tertiary/aromatic N) is 2. The standard InChI is InChI=1S/C24H19ClFN3O2S/c1-14-6-5-9-20(15(14)2)27-22(30)13-32-24-28-21-8-4-3-7-17(21)23(31)29(24)16-10-11-19(26)18(25)12-16/h3-12H,13H2,1-2H3,(H,27,30). The highest BCUT2D eigenvalue weighted by molar-refractivity contribution is 7.99. The van der Waals surface area contributed by atoms with E-state index >= 15 is 0 Å². The normalized spacial score (nSPS) is 11.0. The third-order valence-corrected chi connectivity index (χ3v) is 6.35. The van der Waals surface area contributed by atoms with E-state index in [4.69, 9.17) is 11.6 Å². The molecule has 4 aromatic rings. The van der Waals surface area contributed by atoms with E-state index in [0.717, 1.165) is 28.6 Å². The number of fused-ring (bicyclic) bond motifs is 1. The number of aryl methyl sites for hydroxylation is 1. The fourth-order valence-electron chi connectivity index (χ4n) is 3.26. The van der Waals surface area contributed by atoms with Crippen molar-refractivity contribution in [3.63, 3.8) is 0 Å². The first-order valence-corrected chi connectivity index (χ1v) is 11.2. The molecule has 0 bridgehead atoms. The zero-order chi connectivity index (χ0) is 22.8. The largest absolute Gasteiger partial charge is 0.325 e. The van der Waals surface area contributed by atoms with Crippen molar-refractivity contribution in [2.75, 3.05) is 11.1 Å². The molecule has 0 fully saturated rings. The number of thioether (sulfide) groups is 1. The molecule has 8 heteroatoms. The van der Waals surface area contributed by atoms with Crippen LogP contribution in [0.4, 0.5) is 10.1 Å². The van der Waals surface area contributed by atoms with Crippen LogP contribution < -0.4 is 10.9 Å². The number of benzene rings is 3. The number of carbonyl (C=O) groups is 1. The first-order chi connectivity index (χ1) is 15.3. The molecule has 0 saturated heterocycles. The van der Waals surface area contributed by atoms with Crippen molar-refractivity contribution in [3.8, 4) is 5.69 Å². The van der Waals surface area contributed by atoms with Crippen molar-refractivity contribution in [3.05, 3.63) is 93.0 Å². The number of aromatic nitrogens is 2. The van der Waals surface area contributed by atoms with E-state index in [2.05, 4.69) is 10.3 Å². The van der Waals surface area contributed by atoms with E-state index in [1.807, 2.05) is 32.0 Å². The van der Waals surface area contributed by atoms with Crippen LogP contribution in [0.2, 0.25) is 5.02 Å². The molecule has 1 aromatic heterocycles. The van der Waals surface area contributed by atoms with Crippen LogP contribution >= 0.6 is 23.4 Å². The summed E-state index contributed by atoms with van der Waals surface area (Å²) >= 11 is 7.07. The van der Waals surface area contributed by atoms with Gasteiger partial charge in [0.25, 0.3) is 5.56 Å². The molecule has 0 saturated carbocycles. The average molecular weight is 468 g/mol. The van der Waals surface area contributed by atoms with Crippen molar-refractivity contribution >= 4 is 45.9 Å². The Balaban J connectivity index is 1.69. The molecule has 3 aromatic carbocycles. The Kier molecular flexibility index (Phi) is 6.30. The second-order valence-electron chi connectivity index (χ2n) is 7.23. The molecule has 0 aliphatic heterocycles. The Morgan fingerprint density at radius 1 is 1.12 bits per heavy atom. The Bertz CT molecular complexity index is 1400. The monoisotopic (exact) mass is 467 g/mol. The average Bonchev–Trinajstić information content (AvgIpc) is 2.78. The van der Waals surface area contributed by atoms with Gasteiger partial charge in [0.1, 0.15) is 5.82 Å². The first-order valence-electron chi connectivity index (χ1n) is 9.81. The van der Waals surface area contributed by atoms with E-state index in [1.165, 1.54) is 22.8 Å². The lowest BCUT2D eigenvalue weighted by Crippen LogP contribution is -2.23.